The summed E-state index contributed by atoms with van der Waals surface area (Å²) in [5.41, 5.74) is 0.330. The Morgan fingerprint density at radius 1 is 1.43 bits per heavy atom. The molecule has 1 aromatic rings. The van der Waals surface area contributed by atoms with Gasteiger partial charge in [0.2, 0.25) is 0 Å². The number of carboxylic acids is 1. The first-order valence-electron chi connectivity index (χ1n) is 3.70. The monoisotopic (exact) mass is 276 g/mol. The van der Waals surface area contributed by atoms with E-state index in [4.69, 9.17) is 16.7 Å². The molecule has 0 unspecified atom stereocenters. The molecule has 0 aliphatic heterocycles. The number of Topliss-reactive ketones (excluding diaryl/α,β-unsaturated/α-hetero) is 1. The first kappa shape index (κ1) is 11.2. The smallest absolute Gasteiger partial charge is 0.311 e. The number of carbonyl (C=O) groups excluding carboxylic acids is 1. The van der Waals surface area contributed by atoms with Crippen LogP contribution >= 0.6 is 27.5 Å². The molecule has 0 atom stereocenters. The van der Waals surface area contributed by atoms with Gasteiger partial charge in [0.1, 0.15) is 6.42 Å². The van der Waals surface area contributed by atoms with E-state index in [0.717, 1.165) is 0 Å². The van der Waals surface area contributed by atoms with E-state index < -0.39 is 18.2 Å². The average Bonchev–Trinajstić information content (AvgIpc) is 2.01. The van der Waals surface area contributed by atoms with E-state index in [-0.39, 0.29) is 0 Å². The standard InChI is InChI=1S/C9H6BrClO3/c10-7-3-5(11)1-2-6(7)8(12)4-9(13)14/h1-3H,4H2,(H,13,14). The van der Waals surface area contributed by atoms with Gasteiger partial charge < -0.3 is 5.11 Å². The van der Waals surface area contributed by atoms with E-state index in [1.165, 1.54) is 6.07 Å². The molecule has 0 fully saturated rings. The van der Waals surface area contributed by atoms with Crippen molar-refractivity contribution < 1.29 is 14.7 Å². The van der Waals surface area contributed by atoms with Crippen LogP contribution in [-0.2, 0) is 4.79 Å². The van der Waals surface area contributed by atoms with Crippen molar-refractivity contribution in [2.45, 2.75) is 6.42 Å². The second kappa shape index (κ2) is 4.57. The quantitative estimate of drug-likeness (QED) is 0.683. The molecular formula is C9H6BrClO3. The molecule has 5 heteroatoms. The molecule has 3 nitrogen and oxygen atoms in total. The van der Waals surface area contributed by atoms with Gasteiger partial charge in [0.15, 0.2) is 5.78 Å². The molecule has 0 aliphatic rings. The summed E-state index contributed by atoms with van der Waals surface area (Å²) in [6, 6.07) is 4.59. The SMILES string of the molecule is O=C(O)CC(=O)c1ccc(Cl)cc1Br. The van der Waals surface area contributed by atoms with Crippen molar-refractivity contribution in [1.29, 1.82) is 0 Å². The molecule has 0 saturated heterocycles. The van der Waals surface area contributed by atoms with Gasteiger partial charge in [0.05, 0.1) is 0 Å². The van der Waals surface area contributed by atoms with Crippen LogP contribution in [-0.4, -0.2) is 16.9 Å². The van der Waals surface area contributed by atoms with Crippen LogP contribution < -0.4 is 0 Å². The molecule has 0 bridgehead atoms. The van der Waals surface area contributed by atoms with Crippen molar-refractivity contribution in [3.05, 3.63) is 33.3 Å². The van der Waals surface area contributed by atoms with Crippen molar-refractivity contribution in [2.75, 3.05) is 0 Å². The summed E-state index contributed by atoms with van der Waals surface area (Å²) in [6.07, 6.45) is -0.514. The highest BCUT2D eigenvalue weighted by molar-refractivity contribution is 9.10. The highest BCUT2D eigenvalue weighted by Gasteiger charge is 2.13. The Hall–Kier alpha value is -0.870. The number of hydrogen-bond donors (Lipinski definition) is 1. The van der Waals surface area contributed by atoms with Gasteiger partial charge in [0, 0.05) is 15.1 Å². The van der Waals surface area contributed by atoms with E-state index in [1.54, 1.807) is 12.1 Å². The van der Waals surface area contributed by atoms with E-state index in [0.29, 0.717) is 15.1 Å². The molecule has 1 aromatic carbocycles. The zero-order valence-corrected chi connectivity index (χ0v) is 9.30. The van der Waals surface area contributed by atoms with E-state index in [9.17, 15) is 9.59 Å². The summed E-state index contributed by atoms with van der Waals surface area (Å²) in [6.45, 7) is 0. The van der Waals surface area contributed by atoms with Crippen LogP contribution in [0.25, 0.3) is 0 Å². The number of benzene rings is 1. The average molecular weight is 278 g/mol. The fourth-order valence-corrected chi connectivity index (χ4v) is 1.85. The van der Waals surface area contributed by atoms with Crippen LogP contribution in [0.3, 0.4) is 0 Å². The van der Waals surface area contributed by atoms with Crippen LogP contribution in [0.1, 0.15) is 16.8 Å². The third-order valence-electron chi connectivity index (χ3n) is 1.54. The Bertz CT molecular complexity index is 390. The molecule has 1 N–H and O–H groups in total. The highest BCUT2D eigenvalue weighted by atomic mass is 79.9. The summed E-state index contributed by atoms with van der Waals surface area (Å²) < 4.78 is 0.510. The Kier molecular flexibility index (Phi) is 3.66. The summed E-state index contributed by atoms with van der Waals surface area (Å²) in [7, 11) is 0. The predicted molar refractivity (Wildman–Crippen MR) is 55.7 cm³/mol. The van der Waals surface area contributed by atoms with Crippen LogP contribution in [0.2, 0.25) is 5.02 Å². The molecule has 1 rings (SSSR count). The largest absolute Gasteiger partial charge is 0.481 e. The molecule has 0 radical (unpaired) electrons. The third-order valence-corrected chi connectivity index (χ3v) is 2.43. The second-order valence-electron chi connectivity index (χ2n) is 2.62. The fraction of sp³-hybridized carbons (Fsp3) is 0.111. The van der Waals surface area contributed by atoms with Crippen molar-refractivity contribution in [3.8, 4) is 0 Å². The van der Waals surface area contributed by atoms with E-state index in [2.05, 4.69) is 15.9 Å². The zero-order valence-electron chi connectivity index (χ0n) is 6.96. The summed E-state index contributed by atoms with van der Waals surface area (Å²) >= 11 is 8.81. The van der Waals surface area contributed by atoms with Crippen molar-refractivity contribution >= 4 is 39.3 Å². The molecule has 0 spiro atoms. The van der Waals surface area contributed by atoms with Gasteiger partial charge in [-0.05, 0) is 34.1 Å². The Morgan fingerprint density at radius 2 is 2.07 bits per heavy atom. The van der Waals surface area contributed by atoms with Crippen molar-refractivity contribution in [3.63, 3.8) is 0 Å². The normalized spacial score (nSPS) is 9.86. The van der Waals surface area contributed by atoms with Crippen LogP contribution in [0.5, 0.6) is 0 Å². The van der Waals surface area contributed by atoms with Gasteiger partial charge in [-0.1, -0.05) is 11.6 Å². The minimum absolute atomic E-state index is 0.330. The van der Waals surface area contributed by atoms with Gasteiger partial charge in [-0.25, -0.2) is 0 Å². The molecule has 0 heterocycles. The lowest BCUT2D eigenvalue weighted by molar-refractivity contribution is -0.135. The lowest BCUT2D eigenvalue weighted by Gasteiger charge is -2.01. The van der Waals surface area contributed by atoms with Gasteiger partial charge in [-0.3, -0.25) is 9.59 Å². The molecule has 0 aromatic heterocycles. The third kappa shape index (κ3) is 2.82. The molecule has 0 aliphatic carbocycles. The summed E-state index contributed by atoms with van der Waals surface area (Å²) in [4.78, 5) is 21.6. The highest BCUT2D eigenvalue weighted by Crippen LogP contribution is 2.22. The van der Waals surface area contributed by atoms with Crippen LogP contribution in [0.4, 0.5) is 0 Å². The number of carbonyl (C=O) groups is 2. The lowest BCUT2D eigenvalue weighted by Crippen LogP contribution is -2.07. The number of ketones is 1. The Labute approximate surface area is 93.8 Å². The zero-order chi connectivity index (χ0) is 10.7. The number of carboxylic acid groups (broad SMARTS) is 1. The lowest BCUT2D eigenvalue weighted by atomic mass is 10.1. The first-order valence-corrected chi connectivity index (χ1v) is 4.88. The predicted octanol–water partition coefficient (Wildman–Crippen LogP) is 2.76. The maximum Gasteiger partial charge on any atom is 0.311 e. The fourth-order valence-electron chi connectivity index (χ4n) is 0.948. The summed E-state index contributed by atoms with van der Waals surface area (Å²) in [5, 5.41) is 8.92. The van der Waals surface area contributed by atoms with E-state index in [1.807, 2.05) is 0 Å². The number of rotatable bonds is 3. The number of hydrogen-bond acceptors (Lipinski definition) is 2. The van der Waals surface area contributed by atoms with Crippen LogP contribution in [0.15, 0.2) is 22.7 Å². The Balaban J connectivity index is 2.96. The van der Waals surface area contributed by atoms with Gasteiger partial charge >= 0.3 is 5.97 Å². The molecule has 74 valence electrons. The first-order chi connectivity index (χ1) is 6.50. The van der Waals surface area contributed by atoms with E-state index >= 15 is 0 Å². The molecular weight excluding hydrogens is 271 g/mol. The maximum absolute atomic E-state index is 11.3. The second-order valence-corrected chi connectivity index (χ2v) is 3.91. The summed E-state index contributed by atoms with van der Waals surface area (Å²) in [5.74, 6) is -1.59. The van der Waals surface area contributed by atoms with Crippen molar-refractivity contribution in [1.82, 2.24) is 0 Å². The van der Waals surface area contributed by atoms with Gasteiger partial charge in [-0.15, -0.1) is 0 Å². The molecule has 14 heavy (non-hydrogen) atoms. The topological polar surface area (TPSA) is 54.4 Å². The minimum atomic E-state index is -1.14. The maximum atomic E-state index is 11.3. The number of halogens is 2. The minimum Gasteiger partial charge on any atom is -0.481 e. The molecule has 0 saturated carbocycles. The number of aliphatic carboxylic acids is 1. The molecule has 0 amide bonds. The Morgan fingerprint density at radius 3 is 2.57 bits per heavy atom. The van der Waals surface area contributed by atoms with Crippen LogP contribution in [0, 0.1) is 0 Å². The van der Waals surface area contributed by atoms with Gasteiger partial charge in [-0.2, -0.15) is 0 Å². The van der Waals surface area contributed by atoms with Gasteiger partial charge in [0.25, 0.3) is 0 Å². The van der Waals surface area contributed by atoms with Crippen molar-refractivity contribution in [2.24, 2.45) is 0 Å².